The van der Waals surface area contributed by atoms with Crippen molar-refractivity contribution in [1.82, 2.24) is 9.55 Å². The monoisotopic (exact) mass is 239 g/mol. The summed E-state index contributed by atoms with van der Waals surface area (Å²) in [4.78, 5) is 27.1. The summed E-state index contributed by atoms with van der Waals surface area (Å²) in [5.74, 6) is -0.240. The van der Waals surface area contributed by atoms with Crippen molar-refractivity contribution in [2.75, 3.05) is 11.9 Å². The number of anilines is 1. The number of ether oxygens (including phenoxy) is 1. The highest BCUT2D eigenvalue weighted by molar-refractivity contribution is 5.78. The van der Waals surface area contributed by atoms with Crippen LogP contribution in [0.3, 0.4) is 0 Å². The van der Waals surface area contributed by atoms with Crippen molar-refractivity contribution in [2.45, 2.75) is 33.4 Å². The third-order valence-corrected chi connectivity index (χ3v) is 2.25. The Morgan fingerprint density at radius 2 is 2.29 bits per heavy atom. The summed E-state index contributed by atoms with van der Waals surface area (Å²) in [6.07, 6.45) is 3.12. The van der Waals surface area contributed by atoms with E-state index in [1.165, 1.54) is 10.8 Å². The van der Waals surface area contributed by atoms with Crippen LogP contribution in [0.2, 0.25) is 0 Å². The first-order valence-corrected chi connectivity index (χ1v) is 5.58. The standard InChI is InChI=1S/C11H17N3O3/c1-4-14-7-6-12-9(10(14)15)13-8(3)11(16)17-5-2/h6-8H,4-5H2,1-3H3,(H,12,13). The highest BCUT2D eigenvalue weighted by atomic mass is 16.5. The fraction of sp³-hybridized carbons (Fsp3) is 0.545. The number of nitrogens with zero attached hydrogens (tertiary/aromatic N) is 2. The van der Waals surface area contributed by atoms with Crippen molar-refractivity contribution in [1.29, 1.82) is 0 Å². The van der Waals surface area contributed by atoms with Crippen LogP contribution in [0.25, 0.3) is 0 Å². The Morgan fingerprint density at radius 3 is 2.88 bits per heavy atom. The van der Waals surface area contributed by atoms with Gasteiger partial charge in [-0.05, 0) is 20.8 Å². The van der Waals surface area contributed by atoms with Gasteiger partial charge >= 0.3 is 5.97 Å². The summed E-state index contributed by atoms with van der Waals surface area (Å²) < 4.78 is 6.34. The lowest BCUT2D eigenvalue weighted by atomic mass is 10.3. The Morgan fingerprint density at radius 1 is 1.59 bits per heavy atom. The summed E-state index contributed by atoms with van der Waals surface area (Å²) in [5.41, 5.74) is -0.244. The molecule has 0 aliphatic carbocycles. The van der Waals surface area contributed by atoms with Crippen molar-refractivity contribution in [3.05, 3.63) is 22.7 Å². The Balaban J connectivity index is 2.82. The predicted molar refractivity (Wildman–Crippen MR) is 63.9 cm³/mol. The Hall–Kier alpha value is -1.85. The van der Waals surface area contributed by atoms with Crippen LogP contribution >= 0.6 is 0 Å². The third kappa shape index (κ3) is 3.30. The second-order valence-electron chi connectivity index (χ2n) is 3.49. The molecule has 0 radical (unpaired) electrons. The van der Waals surface area contributed by atoms with E-state index in [-0.39, 0.29) is 11.4 Å². The molecular weight excluding hydrogens is 222 g/mol. The summed E-state index contributed by atoms with van der Waals surface area (Å²) in [6, 6.07) is -0.595. The molecule has 1 rings (SSSR count). The molecule has 0 aliphatic rings. The van der Waals surface area contributed by atoms with Crippen LogP contribution in [0, 0.1) is 0 Å². The molecule has 1 aromatic heterocycles. The molecule has 0 saturated carbocycles. The zero-order valence-corrected chi connectivity index (χ0v) is 10.3. The van der Waals surface area contributed by atoms with E-state index in [0.29, 0.717) is 13.2 Å². The SMILES string of the molecule is CCOC(=O)C(C)Nc1nccn(CC)c1=O. The van der Waals surface area contributed by atoms with Crippen molar-refractivity contribution in [2.24, 2.45) is 0 Å². The van der Waals surface area contributed by atoms with Gasteiger partial charge in [0.05, 0.1) is 6.61 Å². The fourth-order valence-electron chi connectivity index (χ4n) is 1.33. The Bertz CT molecular complexity index is 442. The highest BCUT2D eigenvalue weighted by Crippen LogP contribution is 1.98. The molecule has 0 aliphatic heterocycles. The number of aromatic nitrogens is 2. The number of hydrogen-bond donors (Lipinski definition) is 1. The highest BCUT2D eigenvalue weighted by Gasteiger charge is 2.15. The van der Waals surface area contributed by atoms with E-state index in [1.807, 2.05) is 6.92 Å². The molecule has 1 unspecified atom stereocenters. The number of esters is 1. The minimum Gasteiger partial charge on any atom is -0.464 e. The second-order valence-corrected chi connectivity index (χ2v) is 3.49. The molecule has 0 saturated heterocycles. The van der Waals surface area contributed by atoms with Crippen LogP contribution in [0.4, 0.5) is 5.82 Å². The summed E-state index contributed by atoms with van der Waals surface area (Å²) in [7, 11) is 0. The van der Waals surface area contributed by atoms with Crippen molar-refractivity contribution < 1.29 is 9.53 Å². The molecule has 1 N–H and O–H groups in total. The Kier molecular flexibility index (Phi) is 4.68. The van der Waals surface area contributed by atoms with Crippen LogP contribution in [0.15, 0.2) is 17.2 Å². The van der Waals surface area contributed by atoms with E-state index >= 15 is 0 Å². The minimum atomic E-state index is -0.595. The molecule has 17 heavy (non-hydrogen) atoms. The predicted octanol–water partition coefficient (Wildman–Crippen LogP) is 0.627. The minimum absolute atomic E-state index is 0.162. The lowest BCUT2D eigenvalue weighted by Crippen LogP contribution is -2.33. The van der Waals surface area contributed by atoms with Gasteiger partial charge < -0.3 is 14.6 Å². The maximum Gasteiger partial charge on any atom is 0.328 e. The van der Waals surface area contributed by atoms with E-state index in [9.17, 15) is 9.59 Å². The number of hydrogen-bond acceptors (Lipinski definition) is 5. The molecule has 0 fully saturated rings. The van der Waals surface area contributed by atoms with Gasteiger partial charge in [0.2, 0.25) is 0 Å². The Labute approximate surface area is 99.6 Å². The topological polar surface area (TPSA) is 73.2 Å². The zero-order chi connectivity index (χ0) is 12.8. The van der Waals surface area contributed by atoms with Gasteiger partial charge in [-0.3, -0.25) is 4.79 Å². The van der Waals surface area contributed by atoms with Crippen molar-refractivity contribution in [3.8, 4) is 0 Å². The number of rotatable bonds is 5. The molecule has 0 bridgehead atoms. The molecule has 6 nitrogen and oxygen atoms in total. The first-order valence-electron chi connectivity index (χ1n) is 5.58. The maximum absolute atomic E-state index is 11.8. The van der Waals surface area contributed by atoms with Crippen LogP contribution in [0.1, 0.15) is 20.8 Å². The normalized spacial score (nSPS) is 11.9. The van der Waals surface area contributed by atoms with E-state index in [2.05, 4.69) is 10.3 Å². The van der Waals surface area contributed by atoms with Crippen LogP contribution in [-0.2, 0) is 16.1 Å². The number of nitrogens with one attached hydrogen (secondary N) is 1. The lowest BCUT2D eigenvalue weighted by Gasteiger charge is -2.13. The van der Waals surface area contributed by atoms with Crippen molar-refractivity contribution in [3.63, 3.8) is 0 Å². The van der Waals surface area contributed by atoms with E-state index in [1.54, 1.807) is 20.0 Å². The van der Waals surface area contributed by atoms with Gasteiger partial charge in [-0.2, -0.15) is 0 Å². The zero-order valence-electron chi connectivity index (χ0n) is 10.3. The molecule has 0 amide bonds. The van der Waals surface area contributed by atoms with Gasteiger partial charge in [-0.15, -0.1) is 0 Å². The summed E-state index contributed by atoms with van der Waals surface area (Å²) in [5, 5.41) is 2.75. The van der Waals surface area contributed by atoms with Crippen LogP contribution in [-0.4, -0.2) is 28.2 Å². The first kappa shape index (κ1) is 13.2. The number of carbonyl (C=O) groups excluding carboxylic acids is 1. The molecule has 94 valence electrons. The fourth-order valence-corrected chi connectivity index (χ4v) is 1.33. The quantitative estimate of drug-likeness (QED) is 0.763. The third-order valence-electron chi connectivity index (χ3n) is 2.25. The van der Waals surface area contributed by atoms with Gasteiger partial charge in [0.25, 0.3) is 5.56 Å². The molecule has 1 atom stereocenters. The second kappa shape index (κ2) is 6.03. The average Bonchev–Trinajstić information content (AvgIpc) is 2.32. The smallest absolute Gasteiger partial charge is 0.328 e. The van der Waals surface area contributed by atoms with E-state index in [0.717, 1.165) is 0 Å². The lowest BCUT2D eigenvalue weighted by molar-refractivity contribution is -0.143. The van der Waals surface area contributed by atoms with Gasteiger partial charge in [-0.25, -0.2) is 9.78 Å². The molecule has 6 heteroatoms. The first-order chi connectivity index (χ1) is 8.10. The van der Waals surface area contributed by atoms with Gasteiger partial charge in [0, 0.05) is 18.9 Å². The number of aryl methyl sites for hydroxylation is 1. The summed E-state index contributed by atoms with van der Waals surface area (Å²) >= 11 is 0. The van der Waals surface area contributed by atoms with Crippen LogP contribution < -0.4 is 10.9 Å². The molecule has 0 aromatic carbocycles. The van der Waals surface area contributed by atoms with Crippen molar-refractivity contribution >= 4 is 11.8 Å². The van der Waals surface area contributed by atoms with Gasteiger partial charge in [0.1, 0.15) is 6.04 Å². The molecule has 0 spiro atoms. The van der Waals surface area contributed by atoms with E-state index < -0.39 is 12.0 Å². The number of carbonyl (C=O) groups is 1. The van der Waals surface area contributed by atoms with Gasteiger partial charge in [0.15, 0.2) is 5.82 Å². The van der Waals surface area contributed by atoms with Crippen LogP contribution in [0.5, 0.6) is 0 Å². The summed E-state index contributed by atoms with van der Waals surface area (Å²) in [6.45, 7) is 6.09. The van der Waals surface area contributed by atoms with E-state index in [4.69, 9.17) is 4.74 Å². The maximum atomic E-state index is 11.8. The average molecular weight is 239 g/mol. The molecule has 1 heterocycles. The molecular formula is C11H17N3O3. The largest absolute Gasteiger partial charge is 0.464 e. The molecule has 1 aromatic rings. The van der Waals surface area contributed by atoms with Gasteiger partial charge in [-0.1, -0.05) is 0 Å².